The van der Waals surface area contributed by atoms with E-state index in [0.29, 0.717) is 5.69 Å². The molecule has 0 spiro atoms. The average Bonchev–Trinajstić information content (AvgIpc) is 3.02. The molecule has 4 N–H and O–H groups in total. The minimum Gasteiger partial charge on any atom is -0.478 e. The Morgan fingerprint density at radius 1 is 1.03 bits per heavy atom. The van der Waals surface area contributed by atoms with E-state index in [0.717, 1.165) is 23.5 Å². The summed E-state index contributed by atoms with van der Waals surface area (Å²) in [6, 6.07) is 10.3. The summed E-state index contributed by atoms with van der Waals surface area (Å²) < 4.78 is 40.4. The Kier molecular flexibility index (Phi) is 5.41. The van der Waals surface area contributed by atoms with Crippen LogP contribution in [0, 0.1) is 0 Å². The number of aromatic carboxylic acids is 1. The number of benzene rings is 2. The highest BCUT2D eigenvalue weighted by Gasteiger charge is 2.31. The van der Waals surface area contributed by atoms with E-state index in [4.69, 9.17) is 10.8 Å². The lowest BCUT2D eigenvalue weighted by Gasteiger charge is -2.09. The van der Waals surface area contributed by atoms with Crippen molar-refractivity contribution in [3.8, 4) is 5.75 Å². The van der Waals surface area contributed by atoms with Crippen LogP contribution in [0.5, 0.6) is 5.75 Å². The molecule has 0 atom stereocenters. The van der Waals surface area contributed by atoms with Crippen LogP contribution in [0.2, 0.25) is 0 Å². The number of hydrogen-bond acceptors (Lipinski definition) is 7. The molecule has 0 amide bonds. The van der Waals surface area contributed by atoms with E-state index in [1.54, 1.807) is 0 Å². The van der Waals surface area contributed by atoms with E-state index in [-0.39, 0.29) is 32.7 Å². The van der Waals surface area contributed by atoms with Gasteiger partial charge in [0.1, 0.15) is 16.4 Å². The van der Waals surface area contributed by atoms with Crippen molar-refractivity contribution in [1.82, 2.24) is 4.98 Å². The second kappa shape index (κ2) is 7.80. The van der Waals surface area contributed by atoms with Gasteiger partial charge in [-0.3, -0.25) is 4.79 Å². The molecule has 0 radical (unpaired) electrons. The predicted octanol–water partition coefficient (Wildman–Crippen LogP) is 4.30. The lowest BCUT2D eigenvalue weighted by molar-refractivity contribution is -0.274. The molecule has 0 aliphatic heterocycles. The Morgan fingerprint density at radius 2 is 1.62 bits per heavy atom. The number of anilines is 3. The van der Waals surface area contributed by atoms with Crippen LogP contribution in [-0.4, -0.2) is 28.2 Å². The number of nitrogens with one attached hydrogen (secondary N) is 1. The van der Waals surface area contributed by atoms with Crippen molar-refractivity contribution in [1.29, 1.82) is 0 Å². The summed E-state index contributed by atoms with van der Waals surface area (Å²) in [5.41, 5.74) is 6.50. The van der Waals surface area contributed by atoms with Crippen LogP contribution in [0.3, 0.4) is 0 Å². The molecule has 1 heterocycles. The quantitative estimate of drug-likeness (QED) is 0.507. The Labute approximate surface area is 165 Å². The number of nitrogen functional groups attached to an aromatic ring is 1. The van der Waals surface area contributed by atoms with Gasteiger partial charge in [-0.2, -0.15) is 0 Å². The maximum Gasteiger partial charge on any atom is 0.573 e. The summed E-state index contributed by atoms with van der Waals surface area (Å²) in [6.45, 7) is 0. The molecule has 11 heteroatoms. The van der Waals surface area contributed by atoms with Gasteiger partial charge in [0.05, 0.1) is 5.56 Å². The summed E-state index contributed by atoms with van der Waals surface area (Å²) in [5.74, 6) is -1.94. The molecule has 3 rings (SSSR count). The molecule has 7 nitrogen and oxygen atoms in total. The first kappa shape index (κ1) is 20.1. The molecule has 0 saturated heterocycles. The van der Waals surface area contributed by atoms with Gasteiger partial charge in [-0.25, -0.2) is 9.78 Å². The number of nitrogens with two attached hydrogens (primary N) is 1. The highest BCUT2D eigenvalue weighted by atomic mass is 32.1. The average molecular weight is 423 g/mol. The Hall–Kier alpha value is -3.60. The first-order valence-corrected chi connectivity index (χ1v) is 8.71. The summed E-state index contributed by atoms with van der Waals surface area (Å²) in [4.78, 5) is 27.7. The minimum absolute atomic E-state index is 0.0261. The summed E-state index contributed by atoms with van der Waals surface area (Å²) >= 11 is 0.958. The van der Waals surface area contributed by atoms with Gasteiger partial charge >= 0.3 is 12.3 Å². The molecular formula is C18H12F3N3O4S. The van der Waals surface area contributed by atoms with Gasteiger partial charge in [-0.15, -0.1) is 13.2 Å². The lowest BCUT2D eigenvalue weighted by Crippen LogP contribution is -2.16. The van der Waals surface area contributed by atoms with Crippen molar-refractivity contribution >= 4 is 39.7 Å². The third-order valence-electron chi connectivity index (χ3n) is 3.59. The van der Waals surface area contributed by atoms with Gasteiger partial charge in [-0.05, 0) is 36.4 Å². The molecule has 0 unspecified atom stereocenters. The van der Waals surface area contributed by atoms with Gasteiger partial charge in [0.25, 0.3) is 0 Å². The van der Waals surface area contributed by atoms with E-state index in [9.17, 15) is 22.8 Å². The molecule has 0 aliphatic rings. The normalized spacial score (nSPS) is 11.1. The molecule has 1 aromatic heterocycles. The Morgan fingerprint density at radius 3 is 2.17 bits per heavy atom. The van der Waals surface area contributed by atoms with Crippen molar-refractivity contribution in [2.75, 3.05) is 11.1 Å². The van der Waals surface area contributed by atoms with E-state index in [1.165, 1.54) is 36.4 Å². The summed E-state index contributed by atoms with van der Waals surface area (Å²) in [7, 11) is 0. The number of ether oxygens (including phenoxy) is 1. The van der Waals surface area contributed by atoms with Crippen molar-refractivity contribution < 1.29 is 32.6 Å². The van der Waals surface area contributed by atoms with Crippen LogP contribution < -0.4 is 15.8 Å². The molecule has 0 bridgehead atoms. The second-order valence-corrected chi connectivity index (χ2v) is 6.64. The number of alkyl halides is 3. The SMILES string of the molecule is Nc1nc(Nc2ccc(OC(F)(F)F)cc2)sc1C(=O)c1ccc(C(=O)O)cc1. The molecule has 0 saturated carbocycles. The topological polar surface area (TPSA) is 115 Å². The van der Waals surface area contributed by atoms with Gasteiger partial charge in [-0.1, -0.05) is 23.5 Å². The molecule has 3 aromatic rings. The largest absolute Gasteiger partial charge is 0.573 e. The highest BCUT2D eigenvalue weighted by Crippen LogP contribution is 2.31. The number of hydrogen-bond donors (Lipinski definition) is 3. The van der Waals surface area contributed by atoms with Crippen LogP contribution in [0.15, 0.2) is 48.5 Å². The molecule has 150 valence electrons. The fourth-order valence-corrected chi connectivity index (χ4v) is 3.17. The number of carbonyl (C=O) groups is 2. The van der Waals surface area contributed by atoms with Crippen LogP contribution in [0.1, 0.15) is 25.6 Å². The van der Waals surface area contributed by atoms with E-state index >= 15 is 0 Å². The standard InChI is InChI=1S/C18H12F3N3O4S/c19-18(20,21)28-12-7-5-11(6-8-12)23-17-24-15(22)14(29-17)13(25)9-1-3-10(4-2-9)16(26)27/h1-8H,22H2,(H,23,24)(H,26,27). The smallest absolute Gasteiger partial charge is 0.478 e. The highest BCUT2D eigenvalue weighted by molar-refractivity contribution is 7.18. The van der Waals surface area contributed by atoms with Crippen molar-refractivity contribution in [3.05, 3.63) is 64.5 Å². The number of rotatable bonds is 6. The van der Waals surface area contributed by atoms with Crippen molar-refractivity contribution in [2.24, 2.45) is 0 Å². The van der Waals surface area contributed by atoms with Gasteiger partial charge in [0, 0.05) is 11.3 Å². The second-order valence-electron chi connectivity index (χ2n) is 5.64. The third-order valence-corrected chi connectivity index (χ3v) is 4.58. The van der Waals surface area contributed by atoms with Gasteiger partial charge in [0.2, 0.25) is 5.78 Å². The van der Waals surface area contributed by atoms with Crippen molar-refractivity contribution in [3.63, 3.8) is 0 Å². The lowest BCUT2D eigenvalue weighted by atomic mass is 10.1. The van der Waals surface area contributed by atoms with Crippen LogP contribution >= 0.6 is 11.3 Å². The summed E-state index contributed by atoms with van der Waals surface area (Å²) in [5, 5.41) is 12.0. The number of nitrogens with zero attached hydrogens (tertiary/aromatic N) is 1. The molecule has 0 aliphatic carbocycles. The number of thiazole rings is 1. The monoisotopic (exact) mass is 423 g/mol. The van der Waals surface area contributed by atoms with Crippen LogP contribution in [0.4, 0.5) is 29.8 Å². The van der Waals surface area contributed by atoms with Crippen molar-refractivity contribution in [2.45, 2.75) is 6.36 Å². The maximum absolute atomic E-state index is 12.6. The van der Waals surface area contributed by atoms with E-state index < -0.39 is 18.1 Å². The fraction of sp³-hybridized carbons (Fsp3) is 0.0556. The minimum atomic E-state index is -4.78. The van der Waals surface area contributed by atoms with Gasteiger partial charge < -0.3 is 20.9 Å². The molecule has 0 fully saturated rings. The Bertz CT molecular complexity index is 1050. The fourth-order valence-electron chi connectivity index (χ4n) is 2.31. The number of carboxylic acid groups (broad SMARTS) is 1. The number of aromatic nitrogens is 1. The van der Waals surface area contributed by atoms with E-state index in [2.05, 4.69) is 15.0 Å². The van der Waals surface area contributed by atoms with Gasteiger partial charge in [0.15, 0.2) is 5.13 Å². The van der Waals surface area contributed by atoms with Crippen LogP contribution in [0.25, 0.3) is 0 Å². The molecule has 2 aromatic carbocycles. The zero-order valence-electron chi connectivity index (χ0n) is 14.4. The number of halogens is 3. The maximum atomic E-state index is 12.6. The number of ketones is 1. The first-order chi connectivity index (χ1) is 13.6. The molecule has 29 heavy (non-hydrogen) atoms. The predicted molar refractivity (Wildman–Crippen MR) is 99.8 cm³/mol. The van der Waals surface area contributed by atoms with E-state index in [1.807, 2.05) is 0 Å². The first-order valence-electron chi connectivity index (χ1n) is 7.89. The number of carbonyl (C=O) groups excluding carboxylic acids is 1. The summed E-state index contributed by atoms with van der Waals surface area (Å²) in [6.07, 6.45) is -4.78. The molecular weight excluding hydrogens is 411 g/mol. The third kappa shape index (κ3) is 5.02. The number of carboxylic acids is 1. The zero-order chi connectivity index (χ0) is 21.2. The zero-order valence-corrected chi connectivity index (χ0v) is 15.2. The Balaban J connectivity index is 1.74. The van der Waals surface area contributed by atoms with Crippen LogP contribution in [-0.2, 0) is 0 Å².